The summed E-state index contributed by atoms with van der Waals surface area (Å²) in [6.45, 7) is 2.31. The van der Waals surface area contributed by atoms with Crippen molar-refractivity contribution >= 4 is 40.4 Å². The summed E-state index contributed by atoms with van der Waals surface area (Å²) in [6.07, 6.45) is 1.35. The molecule has 1 N–H and O–H groups in total. The zero-order valence-electron chi connectivity index (χ0n) is 15.6. The van der Waals surface area contributed by atoms with E-state index in [1.54, 1.807) is 24.3 Å². The second-order valence-electron chi connectivity index (χ2n) is 6.43. The SMILES string of the molecule is CC(CNc1ccc([N+](=O)[O-])cc1)c1cnc([N+](=O)[O-])c(-c2ccc(Cl)cc2Cl)n1. The van der Waals surface area contributed by atoms with Crippen molar-refractivity contribution in [3.05, 3.63) is 84.6 Å². The molecule has 0 spiro atoms. The van der Waals surface area contributed by atoms with Gasteiger partial charge in [0.25, 0.3) is 5.69 Å². The second kappa shape index (κ2) is 9.02. The molecule has 1 heterocycles. The van der Waals surface area contributed by atoms with Gasteiger partial charge in [-0.3, -0.25) is 10.1 Å². The van der Waals surface area contributed by atoms with Crippen LogP contribution in [0.25, 0.3) is 11.3 Å². The first kappa shape index (κ1) is 21.4. The summed E-state index contributed by atoms with van der Waals surface area (Å²) in [5.74, 6) is -0.572. The molecule has 154 valence electrons. The highest BCUT2D eigenvalue weighted by Crippen LogP contribution is 2.34. The maximum Gasteiger partial charge on any atom is 0.390 e. The standard InChI is InChI=1S/C19H15Cl2N5O4/c1-11(9-22-13-3-5-14(6-4-13)25(27)28)17-10-23-19(26(29)30)18(24-17)15-7-2-12(20)8-16(15)21/h2-8,10-11,22H,9H2,1H3. The third kappa shape index (κ3) is 4.81. The van der Waals surface area contributed by atoms with E-state index >= 15 is 0 Å². The van der Waals surface area contributed by atoms with E-state index in [9.17, 15) is 20.2 Å². The minimum Gasteiger partial charge on any atom is -0.384 e. The van der Waals surface area contributed by atoms with Gasteiger partial charge < -0.3 is 15.4 Å². The number of anilines is 1. The third-order valence-corrected chi connectivity index (χ3v) is 4.87. The largest absolute Gasteiger partial charge is 0.390 e. The van der Waals surface area contributed by atoms with Gasteiger partial charge in [0.05, 0.1) is 15.6 Å². The van der Waals surface area contributed by atoms with Gasteiger partial charge in [-0.15, -0.1) is 0 Å². The number of benzene rings is 2. The van der Waals surface area contributed by atoms with E-state index in [1.165, 1.54) is 24.4 Å². The molecule has 1 unspecified atom stereocenters. The number of rotatable bonds is 7. The Balaban J connectivity index is 1.85. The zero-order valence-corrected chi connectivity index (χ0v) is 17.1. The molecule has 1 aromatic heterocycles. The van der Waals surface area contributed by atoms with E-state index in [-0.39, 0.29) is 22.3 Å². The van der Waals surface area contributed by atoms with Crippen LogP contribution in [-0.2, 0) is 0 Å². The van der Waals surface area contributed by atoms with Gasteiger partial charge in [0.1, 0.15) is 0 Å². The van der Waals surface area contributed by atoms with Crippen LogP contribution in [0, 0.1) is 20.2 Å². The topological polar surface area (TPSA) is 124 Å². The van der Waals surface area contributed by atoms with Crippen molar-refractivity contribution in [2.45, 2.75) is 12.8 Å². The Morgan fingerprint density at radius 2 is 1.77 bits per heavy atom. The molecule has 9 nitrogen and oxygen atoms in total. The molecular formula is C19H15Cl2N5O4. The summed E-state index contributed by atoms with van der Waals surface area (Å²) in [4.78, 5) is 29.5. The predicted molar refractivity (Wildman–Crippen MR) is 114 cm³/mol. The van der Waals surface area contributed by atoms with Crippen molar-refractivity contribution in [1.82, 2.24) is 9.97 Å². The van der Waals surface area contributed by atoms with Gasteiger partial charge in [-0.05, 0) is 40.2 Å². The summed E-state index contributed by atoms with van der Waals surface area (Å²) in [5, 5.41) is 25.9. The lowest BCUT2D eigenvalue weighted by molar-refractivity contribution is -0.389. The summed E-state index contributed by atoms with van der Waals surface area (Å²) in [6, 6.07) is 10.6. The van der Waals surface area contributed by atoms with Gasteiger partial charge in [0, 0.05) is 40.9 Å². The molecule has 0 saturated heterocycles. The molecular weight excluding hydrogens is 433 g/mol. The maximum atomic E-state index is 11.4. The van der Waals surface area contributed by atoms with Gasteiger partial charge in [-0.25, -0.2) is 4.98 Å². The van der Waals surface area contributed by atoms with Crippen LogP contribution in [-0.4, -0.2) is 26.4 Å². The minimum atomic E-state index is -0.614. The van der Waals surface area contributed by atoms with E-state index in [2.05, 4.69) is 15.3 Å². The third-order valence-electron chi connectivity index (χ3n) is 4.33. The number of non-ortho nitro benzene ring substituents is 1. The highest BCUT2D eigenvalue weighted by atomic mass is 35.5. The molecule has 0 amide bonds. The van der Waals surface area contributed by atoms with Crippen molar-refractivity contribution in [3.8, 4) is 11.3 Å². The van der Waals surface area contributed by atoms with Crippen LogP contribution in [0.3, 0.4) is 0 Å². The van der Waals surface area contributed by atoms with Crippen LogP contribution in [0.4, 0.5) is 17.2 Å². The Bertz CT molecular complexity index is 1110. The lowest BCUT2D eigenvalue weighted by atomic mass is 10.1. The lowest BCUT2D eigenvalue weighted by Crippen LogP contribution is -2.12. The number of nitro benzene ring substituents is 1. The molecule has 2 aromatic carbocycles. The van der Waals surface area contributed by atoms with Crippen molar-refractivity contribution in [3.63, 3.8) is 0 Å². The second-order valence-corrected chi connectivity index (χ2v) is 7.28. The van der Waals surface area contributed by atoms with Crippen LogP contribution in [0.15, 0.2) is 48.7 Å². The molecule has 3 aromatic rings. The summed E-state index contributed by atoms with van der Waals surface area (Å²) in [5.41, 5.74) is 1.64. The van der Waals surface area contributed by atoms with E-state index in [4.69, 9.17) is 23.2 Å². The first-order valence-electron chi connectivity index (χ1n) is 8.71. The lowest BCUT2D eigenvalue weighted by Gasteiger charge is -2.13. The fourth-order valence-electron chi connectivity index (χ4n) is 2.71. The number of hydrogen-bond acceptors (Lipinski definition) is 7. The van der Waals surface area contributed by atoms with E-state index < -0.39 is 15.7 Å². The smallest absolute Gasteiger partial charge is 0.384 e. The molecule has 30 heavy (non-hydrogen) atoms. The number of nitrogens with zero attached hydrogens (tertiary/aromatic N) is 4. The molecule has 0 aliphatic carbocycles. The number of hydrogen-bond donors (Lipinski definition) is 1. The van der Waals surface area contributed by atoms with Gasteiger partial charge in [0.15, 0.2) is 11.9 Å². The number of halogens is 2. The van der Waals surface area contributed by atoms with Gasteiger partial charge in [-0.2, -0.15) is 0 Å². The fourth-order valence-corrected chi connectivity index (χ4v) is 3.20. The Morgan fingerprint density at radius 1 is 1.07 bits per heavy atom. The predicted octanol–water partition coefficient (Wildman–Crippen LogP) is 5.48. The van der Waals surface area contributed by atoms with Crippen molar-refractivity contribution in [2.75, 3.05) is 11.9 Å². The van der Waals surface area contributed by atoms with Gasteiger partial charge in [-0.1, -0.05) is 30.1 Å². The van der Waals surface area contributed by atoms with Gasteiger partial charge >= 0.3 is 5.82 Å². The minimum absolute atomic E-state index is 0.000631. The zero-order chi connectivity index (χ0) is 21.8. The molecule has 0 radical (unpaired) electrons. The Morgan fingerprint density at radius 3 is 2.37 bits per heavy atom. The van der Waals surface area contributed by atoms with Crippen molar-refractivity contribution in [1.29, 1.82) is 0 Å². The fraction of sp³-hybridized carbons (Fsp3) is 0.158. The number of nitrogens with one attached hydrogen (secondary N) is 1. The molecule has 0 aliphatic rings. The van der Waals surface area contributed by atoms with E-state index in [0.717, 1.165) is 0 Å². The Labute approximate surface area is 181 Å². The first-order chi connectivity index (χ1) is 14.3. The average Bonchev–Trinajstić information content (AvgIpc) is 2.71. The summed E-state index contributed by atoms with van der Waals surface area (Å²) in [7, 11) is 0. The molecule has 11 heteroatoms. The quantitative estimate of drug-likeness (QED) is 0.375. The maximum absolute atomic E-state index is 11.4. The van der Waals surface area contributed by atoms with Crippen molar-refractivity contribution < 1.29 is 9.85 Å². The number of aromatic nitrogens is 2. The highest BCUT2D eigenvalue weighted by Gasteiger charge is 2.23. The Kier molecular flexibility index (Phi) is 6.43. The van der Waals surface area contributed by atoms with Crippen LogP contribution in [0.2, 0.25) is 10.0 Å². The average molecular weight is 448 g/mol. The monoisotopic (exact) mass is 447 g/mol. The molecule has 0 bridgehead atoms. The van der Waals surface area contributed by atoms with Crippen LogP contribution < -0.4 is 5.32 Å². The molecule has 0 fully saturated rings. The van der Waals surface area contributed by atoms with E-state index in [0.29, 0.717) is 28.5 Å². The first-order valence-corrected chi connectivity index (χ1v) is 9.47. The van der Waals surface area contributed by atoms with Crippen LogP contribution in [0.5, 0.6) is 0 Å². The Hall–Kier alpha value is -3.30. The van der Waals surface area contributed by atoms with E-state index in [1.807, 2.05) is 6.92 Å². The normalized spacial score (nSPS) is 11.7. The van der Waals surface area contributed by atoms with Crippen LogP contribution in [0.1, 0.15) is 18.5 Å². The number of nitro groups is 2. The highest BCUT2D eigenvalue weighted by molar-refractivity contribution is 6.36. The molecule has 0 aliphatic heterocycles. The molecule has 3 rings (SSSR count). The summed E-state index contributed by atoms with van der Waals surface area (Å²) < 4.78 is 0. The molecule has 1 atom stereocenters. The molecule has 0 saturated carbocycles. The van der Waals surface area contributed by atoms with Gasteiger partial charge in [0.2, 0.25) is 0 Å². The van der Waals surface area contributed by atoms with Crippen LogP contribution >= 0.6 is 23.2 Å². The van der Waals surface area contributed by atoms with Crippen molar-refractivity contribution in [2.24, 2.45) is 0 Å². The summed E-state index contributed by atoms with van der Waals surface area (Å²) >= 11 is 12.1.